The van der Waals surface area contributed by atoms with Gasteiger partial charge in [0.25, 0.3) is 0 Å². The van der Waals surface area contributed by atoms with Crippen LogP contribution in [0.3, 0.4) is 0 Å². The Balaban J connectivity index is 2.65. The maximum atomic E-state index is 11.5. The zero-order valence-corrected chi connectivity index (χ0v) is 10.3. The van der Waals surface area contributed by atoms with E-state index in [9.17, 15) is 8.42 Å². The highest BCUT2D eigenvalue weighted by atomic mass is 32.2. The largest absolute Gasteiger partial charge is 0.444 e. The predicted molar refractivity (Wildman–Crippen MR) is 58.3 cm³/mol. The fourth-order valence-electron chi connectivity index (χ4n) is 1.02. The molecule has 7 heteroatoms. The van der Waals surface area contributed by atoms with E-state index in [0.29, 0.717) is 11.7 Å². The molecule has 1 atom stereocenters. The summed E-state index contributed by atoms with van der Waals surface area (Å²) in [5.41, 5.74) is 0.740. The van der Waals surface area contributed by atoms with Crippen molar-refractivity contribution in [2.24, 2.45) is 0 Å². The maximum absolute atomic E-state index is 11.5. The van der Waals surface area contributed by atoms with Crippen LogP contribution in [-0.2, 0) is 16.6 Å². The zero-order valence-electron chi connectivity index (χ0n) is 9.52. The average molecular weight is 248 g/mol. The molecule has 0 saturated heterocycles. The minimum absolute atomic E-state index is 0.00134. The third kappa shape index (κ3) is 3.03. The molecular weight excluding hydrogens is 232 g/mol. The summed E-state index contributed by atoms with van der Waals surface area (Å²) in [6.45, 7) is 4.55. The van der Waals surface area contributed by atoms with Gasteiger partial charge in [0.05, 0.1) is 24.1 Å². The van der Waals surface area contributed by atoms with Crippen LogP contribution in [0.5, 0.6) is 0 Å². The van der Waals surface area contributed by atoms with Gasteiger partial charge in [-0.3, -0.25) is 0 Å². The molecule has 1 rings (SSSR count). The first kappa shape index (κ1) is 13.1. The van der Waals surface area contributed by atoms with Crippen molar-refractivity contribution in [2.45, 2.75) is 32.6 Å². The topological polar surface area (TPSA) is 92.4 Å². The average Bonchev–Trinajstić information content (AvgIpc) is 2.54. The number of aliphatic hydroxyl groups excluding tert-OH is 1. The molecule has 2 N–H and O–H groups in total. The van der Waals surface area contributed by atoms with Crippen molar-refractivity contribution in [1.29, 1.82) is 0 Å². The van der Waals surface area contributed by atoms with E-state index in [1.54, 1.807) is 13.8 Å². The minimum Gasteiger partial charge on any atom is -0.444 e. The van der Waals surface area contributed by atoms with Crippen LogP contribution in [0.2, 0.25) is 0 Å². The molecular formula is C9H16N2O4S. The number of rotatable bonds is 5. The molecule has 0 saturated carbocycles. The Labute approximate surface area is 94.7 Å². The molecule has 1 unspecified atom stereocenters. The molecule has 0 radical (unpaired) electrons. The third-order valence-electron chi connectivity index (χ3n) is 2.28. The van der Waals surface area contributed by atoms with Crippen LogP contribution in [0.1, 0.15) is 24.3 Å². The van der Waals surface area contributed by atoms with Gasteiger partial charge in [0, 0.05) is 0 Å². The highest BCUT2D eigenvalue weighted by Crippen LogP contribution is 2.08. The Morgan fingerprint density at radius 3 is 2.56 bits per heavy atom. The van der Waals surface area contributed by atoms with Crippen LogP contribution in [0, 0.1) is 13.8 Å². The second-order valence-electron chi connectivity index (χ2n) is 3.61. The predicted octanol–water partition coefficient (Wildman–Crippen LogP) is 0.0916. The number of sulfonamides is 1. The third-order valence-corrected chi connectivity index (χ3v) is 4.04. The summed E-state index contributed by atoms with van der Waals surface area (Å²) < 4.78 is 30.5. The minimum atomic E-state index is -3.51. The lowest BCUT2D eigenvalue weighted by atomic mass is 10.4. The van der Waals surface area contributed by atoms with Crippen LogP contribution in [0.15, 0.2) is 4.42 Å². The Bertz CT molecular complexity index is 433. The molecule has 1 heterocycles. The second-order valence-corrected chi connectivity index (χ2v) is 5.79. The summed E-state index contributed by atoms with van der Waals surface area (Å²) in [6.07, 6.45) is 0. The molecule has 0 aliphatic heterocycles. The first-order chi connectivity index (χ1) is 7.36. The number of aryl methyl sites for hydroxylation is 2. The van der Waals surface area contributed by atoms with Gasteiger partial charge in [-0.05, 0) is 20.8 Å². The van der Waals surface area contributed by atoms with Gasteiger partial charge in [-0.1, -0.05) is 0 Å². The van der Waals surface area contributed by atoms with Gasteiger partial charge in [-0.25, -0.2) is 18.1 Å². The van der Waals surface area contributed by atoms with Crippen molar-refractivity contribution in [1.82, 2.24) is 9.71 Å². The Hall–Kier alpha value is -0.920. The molecule has 1 aromatic rings. The van der Waals surface area contributed by atoms with E-state index in [1.807, 2.05) is 0 Å². The lowest BCUT2D eigenvalue weighted by molar-refractivity contribution is 0.294. The van der Waals surface area contributed by atoms with E-state index in [2.05, 4.69) is 9.71 Å². The number of hydrogen-bond acceptors (Lipinski definition) is 5. The summed E-state index contributed by atoms with van der Waals surface area (Å²) in [5, 5.41) is 7.91. The van der Waals surface area contributed by atoms with E-state index < -0.39 is 21.9 Å². The molecule has 0 amide bonds. The number of nitrogens with zero attached hydrogens (tertiary/aromatic N) is 1. The number of aromatic nitrogens is 1. The van der Waals surface area contributed by atoms with Gasteiger partial charge in [0.15, 0.2) is 0 Å². The van der Waals surface area contributed by atoms with E-state index in [-0.39, 0.29) is 6.54 Å². The van der Waals surface area contributed by atoms with Gasteiger partial charge in [0.1, 0.15) is 5.76 Å². The second kappa shape index (κ2) is 4.94. The number of aliphatic hydroxyl groups is 1. The smallest absolute Gasteiger partial charge is 0.216 e. The molecule has 0 spiro atoms. The van der Waals surface area contributed by atoms with Gasteiger partial charge in [0.2, 0.25) is 15.9 Å². The number of hydrogen-bond donors (Lipinski definition) is 2. The van der Waals surface area contributed by atoms with Crippen LogP contribution >= 0.6 is 0 Å². The Morgan fingerprint density at radius 2 is 2.12 bits per heavy atom. The van der Waals surface area contributed by atoms with Crippen molar-refractivity contribution in [2.75, 3.05) is 6.61 Å². The molecule has 1 aromatic heterocycles. The normalized spacial score (nSPS) is 14.0. The summed E-state index contributed by atoms with van der Waals surface area (Å²) in [7, 11) is -3.51. The van der Waals surface area contributed by atoms with E-state index >= 15 is 0 Å². The molecule has 0 bridgehead atoms. The SMILES string of the molecule is Cc1nc(CNS(=O)(=O)C(C)CO)oc1C. The molecule has 16 heavy (non-hydrogen) atoms. The van der Waals surface area contributed by atoms with E-state index in [0.717, 1.165) is 5.69 Å². The zero-order chi connectivity index (χ0) is 12.3. The maximum Gasteiger partial charge on any atom is 0.216 e. The number of oxazole rings is 1. The van der Waals surface area contributed by atoms with Crippen LogP contribution < -0.4 is 4.72 Å². The molecule has 6 nitrogen and oxygen atoms in total. The summed E-state index contributed by atoms with van der Waals surface area (Å²) in [5.74, 6) is 0.994. The van der Waals surface area contributed by atoms with Crippen LogP contribution in [0.4, 0.5) is 0 Å². The van der Waals surface area contributed by atoms with E-state index in [4.69, 9.17) is 9.52 Å². The molecule has 0 aromatic carbocycles. The highest BCUT2D eigenvalue weighted by molar-refractivity contribution is 7.90. The summed E-state index contributed by atoms with van der Waals surface area (Å²) in [6, 6.07) is 0. The molecule has 0 aliphatic rings. The quantitative estimate of drug-likeness (QED) is 0.770. The van der Waals surface area contributed by atoms with Crippen molar-refractivity contribution < 1.29 is 17.9 Å². The highest BCUT2D eigenvalue weighted by Gasteiger charge is 2.20. The van der Waals surface area contributed by atoms with Crippen LogP contribution in [0.25, 0.3) is 0 Å². The summed E-state index contributed by atoms with van der Waals surface area (Å²) >= 11 is 0. The van der Waals surface area contributed by atoms with Gasteiger partial charge >= 0.3 is 0 Å². The molecule has 0 fully saturated rings. The Kier molecular flexibility index (Phi) is 4.06. The molecule has 92 valence electrons. The Morgan fingerprint density at radius 1 is 1.50 bits per heavy atom. The fourth-order valence-corrected chi connectivity index (χ4v) is 1.82. The first-order valence-corrected chi connectivity index (χ1v) is 6.43. The number of nitrogens with one attached hydrogen (secondary N) is 1. The molecule has 0 aliphatic carbocycles. The first-order valence-electron chi connectivity index (χ1n) is 4.89. The lowest BCUT2D eigenvalue weighted by Gasteiger charge is -2.09. The van der Waals surface area contributed by atoms with Crippen molar-refractivity contribution in [3.05, 3.63) is 17.3 Å². The van der Waals surface area contributed by atoms with Crippen molar-refractivity contribution >= 4 is 10.0 Å². The summed E-state index contributed by atoms with van der Waals surface area (Å²) in [4.78, 5) is 4.04. The van der Waals surface area contributed by atoms with Gasteiger partial charge in [-0.2, -0.15) is 0 Å². The lowest BCUT2D eigenvalue weighted by Crippen LogP contribution is -2.34. The van der Waals surface area contributed by atoms with E-state index in [1.165, 1.54) is 6.92 Å². The van der Waals surface area contributed by atoms with Gasteiger partial charge in [-0.15, -0.1) is 0 Å². The van der Waals surface area contributed by atoms with Crippen LogP contribution in [-0.4, -0.2) is 30.4 Å². The monoisotopic (exact) mass is 248 g/mol. The van der Waals surface area contributed by atoms with Crippen molar-refractivity contribution in [3.63, 3.8) is 0 Å². The van der Waals surface area contributed by atoms with Gasteiger partial charge < -0.3 is 9.52 Å². The fraction of sp³-hybridized carbons (Fsp3) is 0.667. The standard InChI is InChI=1S/C9H16N2O4S/c1-6(5-12)16(13,14)10-4-9-11-7(2)8(3)15-9/h6,10,12H,4-5H2,1-3H3. The van der Waals surface area contributed by atoms with Crippen molar-refractivity contribution in [3.8, 4) is 0 Å².